The number of rotatable bonds is 3. The van der Waals surface area contributed by atoms with Gasteiger partial charge in [0.05, 0.1) is 0 Å². The molecule has 0 bridgehead atoms. The predicted octanol–water partition coefficient (Wildman–Crippen LogP) is 4.19. The number of benzene rings is 1. The zero-order valence-electron chi connectivity index (χ0n) is 9.43. The Kier molecular flexibility index (Phi) is 7.85. The molecule has 0 saturated carbocycles. The van der Waals surface area contributed by atoms with Crippen molar-refractivity contribution in [2.75, 3.05) is 7.11 Å². The molecule has 0 aliphatic carbocycles. The molecular formula is C12H18Cl2O. The molecule has 0 spiro atoms. The van der Waals surface area contributed by atoms with Crippen molar-refractivity contribution in [1.82, 2.24) is 0 Å². The summed E-state index contributed by atoms with van der Waals surface area (Å²) in [6.45, 7) is 4.40. The summed E-state index contributed by atoms with van der Waals surface area (Å²) in [6, 6.07) is 5.66. The molecule has 1 aromatic rings. The zero-order chi connectivity index (χ0) is 11.8. The van der Waals surface area contributed by atoms with Crippen LogP contribution in [0.4, 0.5) is 0 Å². The first-order chi connectivity index (χ1) is 7.11. The van der Waals surface area contributed by atoms with E-state index in [-0.39, 0.29) is 0 Å². The second kappa shape index (κ2) is 7.98. The lowest BCUT2D eigenvalue weighted by atomic mass is 10.0. The molecule has 3 heteroatoms. The van der Waals surface area contributed by atoms with Crippen LogP contribution >= 0.6 is 23.2 Å². The molecular weight excluding hydrogens is 231 g/mol. The average Bonchev–Trinajstić information content (AvgIpc) is 2.20. The van der Waals surface area contributed by atoms with Crippen molar-refractivity contribution < 1.29 is 5.11 Å². The number of halogens is 2. The summed E-state index contributed by atoms with van der Waals surface area (Å²) in [4.78, 5) is 0. The standard InChI is InChI=1S/C11H14Cl2.CH4O/c1-8(2)6-7-9-10(12)4-3-5-11(9)13;1-2/h3-5,8H,6-7H2,1-2H3;2H,1H3. The van der Waals surface area contributed by atoms with Crippen molar-refractivity contribution in [3.05, 3.63) is 33.8 Å². The molecule has 1 rings (SSSR count). The smallest absolute Gasteiger partial charge is 0.0452 e. The minimum atomic E-state index is 0.687. The summed E-state index contributed by atoms with van der Waals surface area (Å²) in [5.41, 5.74) is 1.08. The first kappa shape index (κ1) is 14.8. The van der Waals surface area contributed by atoms with E-state index in [4.69, 9.17) is 28.3 Å². The summed E-state index contributed by atoms with van der Waals surface area (Å²) in [7, 11) is 1.00. The van der Waals surface area contributed by atoms with Gasteiger partial charge in [0.1, 0.15) is 0 Å². The van der Waals surface area contributed by atoms with E-state index in [1.54, 1.807) is 0 Å². The minimum absolute atomic E-state index is 0.687. The molecule has 0 fully saturated rings. The van der Waals surface area contributed by atoms with Crippen LogP contribution in [0.1, 0.15) is 25.8 Å². The van der Waals surface area contributed by atoms with Gasteiger partial charge in [0.2, 0.25) is 0 Å². The van der Waals surface area contributed by atoms with Gasteiger partial charge in [-0.2, -0.15) is 0 Å². The molecule has 0 atom stereocenters. The molecule has 0 radical (unpaired) electrons. The third kappa shape index (κ3) is 5.41. The van der Waals surface area contributed by atoms with E-state index < -0.39 is 0 Å². The van der Waals surface area contributed by atoms with Gasteiger partial charge >= 0.3 is 0 Å². The summed E-state index contributed by atoms with van der Waals surface area (Å²) < 4.78 is 0. The van der Waals surface area contributed by atoms with Crippen LogP contribution in [-0.2, 0) is 6.42 Å². The minimum Gasteiger partial charge on any atom is -0.400 e. The van der Waals surface area contributed by atoms with Gasteiger partial charge in [-0.15, -0.1) is 0 Å². The van der Waals surface area contributed by atoms with E-state index in [9.17, 15) is 0 Å². The molecule has 1 N–H and O–H groups in total. The number of hydrogen-bond donors (Lipinski definition) is 1. The lowest BCUT2D eigenvalue weighted by Gasteiger charge is -2.08. The largest absolute Gasteiger partial charge is 0.400 e. The molecule has 1 nitrogen and oxygen atoms in total. The SMILES string of the molecule is CC(C)CCc1c(Cl)cccc1Cl.CO. The Morgan fingerprint density at radius 3 is 2.00 bits per heavy atom. The van der Waals surface area contributed by atoms with Crippen LogP contribution in [0.5, 0.6) is 0 Å². The Labute approximate surface area is 102 Å². The van der Waals surface area contributed by atoms with Gasteiger partial charge in [0.25, 0.3) is 0 Å². The monoisotopic (exact) mass is 248 g/mol. The lowest BCUT2D eigenvalue weighted by Crippen LogP contribution is -1.93. The maximum atomic E-state index is 7.00. The maximum Gasteiger partial charge on any atom is 0.0452 e. The van der Waals surface area contributed by atoms with Crippen molar-refractivity contribution in [2.24, 2.45) is 5.92 Å². The van der Waals surface area contributed by atoms with E-state index in [1.807, 2.05) is 18.2 Å². The molecule has 86 valence electrons. The molecule has 0 aliphatic rings. The van der Waals surface area contributed by atoms with E-state index in [1.165, 1.54) is 0 Å². The Bertz CT molecular complexity index is 265. The Morgan fingerprint density at radius 1 is 1.13 bits per heavy atom. The fourth-order valence-electron chi connectivity index (χ4n) is 1.20. The van der Waals surface area contributed by atoms with Gasteiger partial charge in [-0.3, -0.25) is 0 Å². The average molecular weight is 249 g/mol. The van der Waals surface area contributed by atoms with Crippen molar-refractivity contribution in [3.8, 4) is 0 Å². The summed E-state index contributed by atoms with van der Waals surface area (Å²) in [5.74, 6) is 0.687. The van der Waals surface area contributed by atoms with Gasteiger partial charge in [-0.1, -0.05) is 43.1 Å². The first-order valence-electron chi connectivity index (χ1n) is 4.99. The second-order valence-corrected chi connectivity index (χ2v) is 4.45. The van der Waals surface area contributed by atoms with Crippen LogP contribution in [0.3, 0.4) is 0 Å². The highest BCUT2D eigenvalue weighted by Crippen LogP contribution is 2.26. The highest BCUT2D eigenvalue weighted by Gasteiger charge is 2.05. The number of hydrogen-bond acceptors (Lipinski definition) is 1. The molecule has 0 amide bonds. The fourth-order valence-corrected chi connectivity index (χ4v) is 1.79. The normalized spacial score (nSPS) is 9.80. The van der Waals surface area contributed by atoms with E-state index in [0.29, 0.717) is 5.92 Å². The molecule has 15 heavy (non-hydrogen) atoms. The van der Waals surface area contributed by atoms with Crippen LogP contribution in [0, 0.1) is 5.92 Å². The summed E-state index contributed by atoms with van der Waals surface area (Å²) >= 11 is 12.1. The summed E-state index contributed by atoms with van der Waals surface area (Å²) in [6.07, 6.45) is 2.10. The third-order valence-corrected chi connectivity index (χ3v) is 2.74. The topological polar surface area (TPSA) is 20.2 Å². The maximum absolute atomic E-state index is 7.00. The van der Waals surface area contributed by atoms with Gasteiger partial charge < -0.3 is 5.11 Å². The van der Waals surface area contributed by atoms with Crippen LogP contribution in [0.2, 0.25) is 10.0 Å². The number of aliphatic hydroxyl groups excluding tert-OH is 1. The van der Waals surface area contributed by atoms with Gasteiger partial charge in [-0.25, -0.2) is 0 Å². The van der Waals surface area contributed by atoms with E-state index in [0.717, 1.165) is 35.6 Å². The fraction of sp³-hybridized carbons (Fsp3) is 0.500. The molecule has 0 aromatic heterocycles. The highest BCUT2D eigenvalue weighted by atomic mass is 35.5. The molecule has 0 saturated heterocycles. The van der Waals surface area contributed by atoms with Crippen LogP contribution in [0.15, 0.2) is 18.2 Å². The van der Waals surface area contributed by atoms with Gasteiger partial charge in [-0.05, 0) is 36.5 Å². The van der Waals surface area contributed by atoms with Crippen molar-refractivity contribution in [1.29, 1.82) is 0 Å². The van der Waals surface area contributed by atoms with Crippen LogP contribution in [-0.4, -0.2) is 12.2 Å². The molecule has 0 aliphatic heterocycles. The summed E-state index contributed by atoms with van der Waals surface area (Å²) in [5, 5.41) is 8.57. The van der Waals surface area contributed by atoms with E-state index >= 15 is 0 Å². The van der Waals surface area contributed by atoms with Gasteiger partial charge in [0, 0.05) is 17.2 Å². The molecule has 1 aromatic carbocycles. The van der Waals surface area contributed by atoms with E-state index in [2.05, 4.69) is 13.8 Å². The second-order valence-electron chi connectivity index (χ2n) is 3.63. The molecule has 0 unspecified atom stereocenters. The lowest BCUT2D eigenvalue weighted by molar-refractivity contribution is 0.399. The first-order valence-corrected chi connectivity index (χ1v) is 5.74. The van der Waals surface area contributed by atoms with Crippen molar-refractivity contribution in [2.45, 2.75) is 26.7 Å². The van der Waals surface area contributed by atoms with Gasteiger partial charge in [0.15, 0.2) is 0 Å². The number of aliphatic hydroxyl groups is 1. The van der Waals surface area contributed by atoms with Crippen molar-refractivity contribution >= 4 is 23.2 Å². The molecule has 0 heterocycles. The Morgan fingerprint density at radius 2 is 1.60 bits per heavy atom. The van der Waals surface area contributed by atoms with Crippen LogP contribution < -0.4 is 0 Å². The Balaban J connectivity index is 0.000000921. The van der Waals surface area contributed by atoms with Crippen LogP contribution in [0.25, 0.3) is 0 Å². The quantitative estimate of drug-likeness (QED) is 0.851. The predicted molar refractivity (Wildman–Crippen MR) is 67.8 cm³/mol. The Hall–Kier alpha value is -0.240. The third-order valence-electron chi connectivity index (χ3n) is 2.03. The highest BCUT2D eigenvalue weighted by molar-refractivity contribution is 6.35. The van der Waals surface area contributed by atoms with Crippen molar-refractivity contribution in [3.63, 3.8) is 0 Å². The zero-order valence-corrected chi connectivity index (χ0v) is 10.9.